The van der Waals surface area contributed by atoms with E-state index in [9.17, 15) is 4.79 Å². The average Bonchev–Trinajstić information content (AvgIpc) is 2.92. The van der Waals surface area contributed by atoms with Crippen molar-refractivity contribution in [3.8, 4) is 0 Å². The van der Waals surface area contributed by atoms with E-state index in [1.165, 1.54) is 28.7 Å². The highest BCUT2D eigenvalue weighted by Crippen LogP contribution is 2.40. The molecule has 3 rings (SSSR count). The third kappa shape index (κ3) is 3.13. The first-order valence-corrected chi connectivity index (χ1v) is 9.60. The Balaban J connectivity index is 1.87. The minimum Gasteiger partial charge on any atom is -0.355 e. The van der Waals surface area contributed by atoms with Crippen molar-refractivity contribution in [2.45, 2.75) is 56.2 Å². The van der Waals surface area contributed by atoms with Crippen LogP contribution in [0.5, 0.6) is 0 Å². The summed E-state index contributed by atoms with van der Waals surface area (Å²) in [5, 5.41) is 4.98. The third-order valence-corrected chi connectivity index (χ3v) is 6.22. The standard InChI is InChI=1S/C16H21N3OS2/c1-3-8-17-14(20)10(2)21-15-13-11-6-4-5-7-12(11)22-16(13)19-9-18-15/h9-10H,3-8H2,1-2H3,(H,17,20)/t10-/m1/s1. The number of amides is 1. The number of carbonyl (C=O) groups is 1. The van der Waals surface area contributed by atoms with Crippen LogP contribution in [0.3, 0.4) is 0 Å². The Bertz CT molecular complexity index is 683. The van der Waals surface area contributed by atoms with Gasteiger partial charge in [0.05, 0.1) is 5.25 Å². The van der Waals surface area contributed by atoms with Crippen molar-refractivity contribution in [2.75, 3.05) is 6.54 Å². The monoisotopic (exact) mass is 335 g/mol. The number of hydrogen-bond donors (Lipinski definition) is 1. The molecule has 118 valence electrons. The maximum absolute atomic E-state index is 12.1. The summed E-state index contributed by atoms with van der Waals surface area (Å²) in [5.41, 5.74) is 1.43. The topological polar surface area (TPSA) is 54.9 Å². The Labute approximate surface area is 139 Å². The summed E-state index contributed by atoms with van der Waals surface area (Å²) in [6, 6.07) is 0. The van der Waals surface area contributed by atoms with Gasteiger partial charge in [0.2, 0.25) is 5.91 Å². The number of thiophene rings is 1. The zero-order valence-electron chi connectivity index (χ0n) is 13.0. The van der Waals surface area contributed by atoms with E-state index in [1.807, 2.05) is 6.92 Å². The highest BCUT2D eigenvalue weighted by Gasteiger charge is 2.22. The van der Waals surface area contributed by atoms with Crippen LogP contribution in [0.4, 0.5) is 0 Å². The molecule has 0 saturated heterocycles. The number of hydrogen-bond acceptors (Lipinski definition) is 5. The molecule has 0 saturated carbocycles. The molecule has 0 radical (unpaired) electrons. The van der Waals surface area contributed by atoms with Crippen LogP contribution in [0, 0.1) is 0 Å². The quantitative estimate of drug-likeness (QED) is 0.670. The zero-order valence-corrected chi connectivity index (χ0v) is 14.6. The Morgan fingerprint density at radius 1 is 1.41 bits per heavy atom. The molecule has 0 fully saturated rings. The summed E-state index contributed by atoms with van der Waals surface area (Å²) >= 11 is 3.35. The fourth-order valence-electron chi connectivity index (χ4n) is 2.76. The van der Waals surface area contributed by atoms with Crippen molar-refractivity contribution in [3.63, 3.8) is 0 Å². The minimum absolute atomic E-state index is 0.0858. The number of aryl methyl sites for hydroxylation is 2. The first-order chi connectivity index (χ1) is 10.7. The van der Waals surface area contributed by atoms with Crippen LogP contribution in [-0.4, -0.2) is 27.7 Å². The van der Waals surface area contributed by atoms with E-state index >= 15 is 0 Å². The van der Waals surface area contributed by atoms with E-state index in [1.54, 1.807) is 29.4 Å². The number of fused-ring (bicyclic) bond motifs is 3. The second-order valence-corrected chi connectivity index (χ2v) is 8.03. The fourth-order valence-corrected chi connectivity index (χ4v) is 5.03. The molecule has 2 aromatic rings. The van der Waals surface area contributed by atoms with Gasteiger partial charge in [0.15, 0.2) is 0 Å². The van der Waals surface area contributed by atoms with E-state index in [0.29, 0.717) is 0 Å². The Morgan fingerprint density at radius 2 is 2.23 bits per heavy atom. The molecule has 6 heteroatoms. The molecule has 4 nitrogen and oxygen atoms in total. The normalized spacial score (nSPS) is 15.5. The molecule has 1 aliphatic rings. The molecule has 1 aliphatic carbocycles. The largest absolute Gasteiger partial charge is 0.355 e. The molecule has 2 heterocycles. The van der Waals surface area contributed by atoms with Gasteiger partial charge >= 0.3 is 0 Å². The van der Waals surface area contributed by atoms with E-state index in [-0.39, 0.29) is 11.2 Å². The Morgan fingerprint density at radius 3 is 3.05 bits per heavy atom. The van der Waals surface area contributed by atoms with Crippen molar-refractivity contribution < 1.29 is 4.79 Å². The van der Waals surface area contributed by atoms with Gasteiger partial charge in [-0.3, -0.25) is 4.79 Å². The lowest BCUT2D eigenvalue weighted by Crippen LogP contribution is -2.31. The van der Waals surface area contributed by atoms with Gasteiger partial charge in [-0.25, -0.2) is 9.97 Å². The summed E-state index contributed by atoms with van der Waals surface area (Å²) in [5.74, 6) is 0.0858. The predicted octanol–water partition coefficient (Wildman–Crippen LogP) is 3.58. The predicted molar refractivity (Wildman–Crippen MR) is 92.7 cm³/mol. The molecule has 1 amide bonds. The molecule has 0 aromatic carbocycles. The van der Waals surface area contributed by atoms with E-state index in [4.69, 9.17) is 0 Å². The molecule has 1 atom stereocenters. The summed E-state index contributed by atoms with van der Waals surface area (Å²) < 4.78 is 0. The molecule has 1 N–H and O–H groups in total. The number of nitrogens with one attached hydrogen (secondary N) is 1. The molecular weight excluding hydrogens is 314 g/mol. The Kier molecular flexibility index (Phi) is 4.98. The molecule has 22 heavy (non-hydrogen) atoms. The SMILES string of the molecule is CCCNC(=O)[C@@H](C)Sc1ncnc2sc3c(c12)CCCC3. The van der Waals surface area contributed by atoms with Gasteiger partial charge in [-0.2, -0.15) is 0 Å². The van der Waals surface area contributed by atoms with Gasteiger partial charge < -0.3 is 5.32 Å². The van der Waals surface area contributed by atoms with Crippen LogP contribution in [0.15, 0.2) is 11.4 Å². The number of aromatic nitrogens is 2. The molecule has 0 unspecified atom stereocenters. The van der Waals surface area contributed by atoms with Gasteiger partial charge in [-0.15, -0.1) is 11.3 Å². The van der Waals surface area contributed by atoms with Crippen LogP contribution in [0.2, 0.25) is 0 Å². The van der Waals surface area contributed by atoms with Crippen molar-refractivity contribution in [2.24, 2.45) is 0 Å². The Hall–Kier alpha value is -1.14. The third-order valence-electron chi connectivity index (χ3n) is 3.92. The maximum Gasteiger partial charge on any atom is 0.233 e. The lowest BCUT2D eigenvalue weighted by atomic mass is 9.97. The minimum atomic E-state index is -0.135. The fraction of sp³-hybridized carbons (Fsp3) is 0.562. The smallest absolute Gasteiger partial charge is 0.233 e. The zero-order chi connectivity index (χ0) is 15.5. The molecule has 2 aromatic heterocycles. The summed E-state index contributed by atoms with van der Waals surface area (Å²) in [7, 11) is 0. The average molecular weight is 335 g/mol. The van der Waals surface area contributed by atoms with E-state index in [0.717, 1.165) is 35.7 Å². The first-order valence-electron chi connectivity index (χ1n) is 7.90. The molecular formula is C16H21N3OS2. The van der Waals surface area contributed by atoms with Crippen LogP contribution in [-0.2, 0) is 17.6 Å². The first kappa shape index (κ1) is 15.7. The second-order valence-electron chi connectivity index (χ2n) is 5.62. The summed E-state index contributed by atoms with van der Waals surface area (Å²) in [6.07, 6.45) is 7.37. The van der Waals surface area contributed by atoms with Gasteiger partial charge in [-0.05, 0) is 44.6 Å². The van der Waals surface area contributed by atoms with Crippen LogP contribution in [0.25, 0.3) is 10.2 Å². The number of thioether (sulfide) groups is 1. The summed E-state index contributed by atoms with van der Waals surface area (Å²) in [4.78, 5) is 23.5. The lowest BCUT2D eigenvalue weighted by Gasteiger charge is -2.13. The highest BCUT2D eigenvalue weighted by atomic mass is 32.2. The summed E-state index contributed by atoms with van der Waals surface area (Å²) in [6.45, 7) is 4.74. The van der Waals surface area contributed by atoms with Crippen molar-refractivity contribution >= 4 is 39.2 Å². The van der Waals surface area contributed by atoms with Crippen LogP contribution < -0.4 is 5.32 Å². The van der Waals surface area contributed by atoms with Crippen LogP contribution in [0.1, 0.15) is 43.6 Å². The molecule has 0 aliphatic heterocycles. The van der Waals surface area contributed by atoms with Crippen LogP contribution >= 0.6 is 23.1 Å². The number of carbonyl (C=O) groups excluding carboxylic acids is 1. The van der Waals surface area contributed by atoms with Crippen molar-refractivity contribution in [1.29, 1.82) is 0 Å². The van der Waals surface area contributed by atoms with Gasteiger partial charge in [0, 0.05) is 16.8 Å². The molecule has 0 bridgehead atoms. The lowest BCUT2D eigenvalue weighted by molar-refractivity contribution is -0.120. The van der Waals surface area contributed by atoms with Gasteiger partial charge in [0.25, 0.3) is 0 Å². The van der Waals surface area contributed by atoms with Gasteiger partial charge in [0.1, 0.15) is 16.2 Å². The van der Waals surface area contributed by atoms with Crippen molar-refractivity contribution in [3.05, 3.63) is 16.8 Å². The van der Waals surface area contributed by atoms with E-state index < -0.39 is 0 Å². The maximum atomic E-state index is 12.1. The van der Waals surface area contributed by atoms with Gasteiger partial charge in [-0.1, -0.05) is 18.7 Å². The highest BCUT2D eigenvalue weighted by molar-refractivity contribution is 8.00. The second kappa shape index (κ2) is 6.96. The molecule has 0 spiro atoms. The van der Waals surface area contributed by atoms with E-state index in [2.05, 4.69) is 22.2 Å². The number of rotatable bonds is 5. The van der Waals surface area contributed by atoms with Crippen molar-refractivity contribution in [1.82, 2.24) is 15.3 Å². The number of nitrogens with zero attached hydrogens (tertiary/aromatic N) is 2.